The fraction of sp³-hybridized carbons (Fsp3) is 0.0526. The standard InChI is InChI=1S/C19H13F3N2O3/c20-19(21,22)14-4-2-6-16(10-14)24-17(25)12-3-1-5-15(9-12)23-18(26)13-7-8-27-11-13/h1-11H,(H,23,26)(H,24,25). The van der Waals surface area contributed by atoms with Gasteiger partial charge in [-0.05, 0) is 42.5 Å². The van der Waals surface area contributed by atoms with Crippen LogP contribution in [-0.4, -0.2) is 11.8 Å². The molecule has 0 atom stereocenters. The van der Waals surface area contributed by atoms with Crippen LogP contribution in [0.15, 0.2) is 71.5 Å². The Morgan fingerprint density at radius 1 is 0.815 bits per heavy atom. The van der Waals surface area contributed by atoms with Crippen molar-refractivity contribution in [3.63, 3.8) is 0 Å². The van der Waals surface area contributed by atoms with Crippen molar-refractivity contribution in [3.05, 3.63) is 83.8 Å². The van der Waals surface area contributed by atoms with Crippen molar-refractivity contribution in [3.8, 4) is 0 Å². The summed E-state index contributed by atoms with van der Waals surface area (Å²) in [5.41, 5.74) is 0.00760. The molecular formula is C19H13F3N2O3. The van der Waals surface area contributed by atoms with Crippen molar-refractivity contribution < 1.29 is 27.2 Å². The molecule has 3 aromatic rings. The van der Waals surface area contributed by atoms with E-state index in [9.17, 15) is 22.8 Å². The van der Waals surface area contributed by atoms with E-state index in [1.807, 2.05) is 0 Å². The van der Waals surface area contributed by atoms with Gasteiger partial charge in [-0.3, -0.25) is 9.59 Å². The highest BCUT2D eigenvalue weighted by atomic mass is 19.4. The van der Waals surface area contributed by atoms with E-state index in [-0.39, 0.29) is 11.3 Å². The van der Waals surface area contributed by atoms with Crippen molar-refractivity contribution in [2.45, 2.75) is 6.18 Å². The molecule has 0 fully saturated rings. The lowest BCUT2D eigenvalue weighted by atomic mass is 10.1. The highest BCUT2D eigenvalue weighted by molar-refractivity contribution is 6.07. The lowest BCUT2D eigenvalue weighted by molar-refractivity contribution is -0.137. The maximum absolute atomic E-state index is 12.8. The second-order valence-corrected chi connectivity index (χ2v) is 5.58. The van der Waals surface area contributed by atoms with Crippen molar-refractivity contribution in [2.24, 2.45) is 0 Å². The predicted octanol–water partition coefficient (Wildman–Crippen LogP) is 4.80. The SMILES string of the molecule is O=C(Nc1cccc(C(=O)Nc2cccc(C(F)(F)F)c2)c1)c1ccoc1. The van der Waals surface area contributed by atoms with E-state index >= 15 is 0 Å². The lowest BCUT2D eigenvalue weighted by Crippen LogP contribution is -2.15. The van der Waals surface area contributed by atoms with Crippen LogP contribution in [0.1, 0.15) is 26.3 Å². The molecule has 0 bridgehead atoms. The minimum Gasteiger partial charge on any atom is -0.472 e. The summed E-state index contributed by atoms with van der Waals surface area (Å²) in [5, 5.41) is 5.02. The zero-order chi connectivity index (χ0) is 19.4. The third-order valence-corrected chi connectivity index (χ3v) is 3.61. The molecule has 1 heterocycles. The zero-order valence-electron chi connectivity index (χ0n) is 13.7. The number of furan rings is 1. The number of anilines is 2. The molecule has 2 aromatic carbocycles. The number of carbonyl (C=O) groups is 2. The molecule has 138 valence electrons. The van der Waals surface area contributed by atoms with Crippen LogP contribution >= 0.6 is 0 Å². The summed E-state index contributed by atoms with van der Waals surface area (Å²) in [6, 6.07) is 11.9. The monoisotopic (exact) mass is 374 g/mol. The molecule has 0 saturated heterocycles. The van der Waals surface area contributed by atoms with E-state index in [0.717, 1.165) is 12.1 Å². The second kappa shape index (κ2) is 7.36. The largest absolute Gasteiger partial charge is 0.472 e. The Kier molecular flexibility index (Phi) is 4.98. The molecule has 5 nitrogen and oxygen atoms in total. The molecular weight excluding hydrogens is 361 g/mol. The summed E-state index contributed by atoms with van der Waals surface area (Å²) < 4.78 is 43.1. The van der Waals surface area contributed by atoms with E-state index in [0.29, 0.717) is 11.3 Å². The third-order valence-electron chi connectivity index (χ3n) is 3.61. The average Bonchev–Trinajstić information content (AvgIpc) is 3.16. The lowest BCUT2D eigenvalue weighted by Gasteiger charge is -2.10. The van der Waals surface area contributed by atoms with Gasteiger partial charge in [0.1, 0.15) is 6.26 Å². The van der Waals surface area contributed by atoms with Gasteiger partial charge in [0.25, 0.3) is 11.8 Å². The molecule has 0 radical (unpaired) electrons. The van der Waals surface area contributed by atoms with Crippen LogP contribution in [0.4, 0.5) is 24.5 Å². The third kappa shape index (κ3) is 4.55. The first-order chi connectivity index (χ1) is 12.8. The van der Waals surface area contributed by atoms with Gasteiger partial charge in [0, 0.05) is 16.9 Å². The topological polar surface area (TPSA) is 71.3 Å². The van der Waals surface area contributed by atoms with Crippen LogP contribution in [0.25, 0.3) is 0 Å². The highest BCUT2D eigenvalue weighted by Crippen LogP contribution is 2.30. The van der Waals surface area contributed by atoms with E-state index in [1.165, 1.54) is 42.9 Å². The molecule has 2 N–H and O–H groups in total. The van der Waals surface area contributed by atoms with Crippen LogP contribution in [-0.2, 0) is 6.18 Å². The van der Waals surface area contributed by atoms with Gasteiger partial charge in [0.2, 0.25) is 0 Å². The number of carbonyl (C=O) groups excluding carboxylic acids is 2. The van der Waals surface area contributed by atoms with Gasteiger partial charge in [-0.25, -0.2) is 0 Å². The van der Waals surface area contributed by atoms with Crippen LogP contribution in [0, 0.1) is 0 Å². The Hall–Kier alpha value is -3.55. The summed E-state index contributed by atoms with van der Waals surface area (Å²) >= 11 is 0. The first-order valence-corrected chi connectivity index (χ1v) is 7.75. The molecule has 0 aliphatic heterocycles. The van der Waals surface area contributed by atoms with E-state index in [1.54, 1.807) is 12.1 Å². The van der Waals surface area contributed by atoms with Crippen LogP contribution in [0.3, 0.4) is 0 Å². The van der Waals surface area contributed by atoms with Crippen molar-refractivity contribution in [2.75, 3.05) is 10.6 Å². The van der Waals surface area contributed by atoms with Gasteiger partial charge in [-0.1, -0.05) is 12.1 Å². The number of alkyl halides is 3. The average molecular weight is 374 g/mol. The Morgan fingerprint density at radius 2 is 1.44 bits per heavy atom. The minimum absolute atomic E-state index is 0.0164. The number of nitrogens with one attached hydrogen (secondary N) is 2. The first-order valence-electron chi connectivity index (χ1n) is 7.75. The van der Waals surface area contributed by atoms with Crippen LogP contribution in [0.2, 0.25) is 0 Å². The normalized spacial score (nSPS) is 11.1. The molecule has 0 aliphatic carbocycles. The number of hydrogen-bond acceptors (Lipinski definition) is 3. The Bertz CT molecular complexity index is 966. The number of benzene rings is 2. The number of rotatable bonds is 4. The summed E-state index contributed by atoms with van der Waals surface area (Å²) in [6.07, 6.45) is -1.87. The summed E-state index contributed by atoms with van der Waals surface area (Å²) in [7, 11) is 0. The van der Waals surface area contributed by atoms with Crippen LogP contribution in [0.5, 0.6) is 0 Å². The molecule has 0 saturated carbocycles. The van der Waals surface area contributed by atoms with E-state index in [4.69, 9.17) is 4.42 Å². The van der Waals surface area contributed by atoms with Gasteiger partial charge in [0.15, 0.2) is 0 Å². The Balaban J connectivity index is 1.73. The fourth-order valence-corrected chi connectivity index (χ4v) is 2.31. The van der Waals surface area contributed by atoms with Crippen molar-refractivity contribution in [1.82, 2.24) is 0 Å². The number of hydrogen-bond donors (Lipinski definition) is 2. The van der Waals surface area contributed by atoms with Gasteiger partial charge in [-0.2, -0.15) is 13.2 Å². The summed E-state index contributed by atoms with van der Waals surface area (Å²) in [5.74, 6) is -1.02. The van der Waals surface area contributed by atoms with Gasteiger partial charge < -0.3 is 15.1 Å². The smallest absolute Gasteiger partial charge is 0.416 e. The Labute approximate surface area is 151 Å². The minimum atomic E-state index is -4.50. The van der Waals surface area contributed by atoms with Crippen LogP contribution < -0.4 is 10.6 Å². The predicted molar refractivity (Wildman–Crippen MR) is 92.5 cm³/mol. The molecule has 2 amide bonds. The quantitative estimate of drug-likeness (QED) is 0.689. The number of amides is 2. The van der Waals surface area contributed by atoms with Crippen molar-refractivity contribution >= 4 is 23.2 Å². The number of halogens is 3. The molecule has 0 unspecified atom stereocenters. The molecule has 8 heteroatoms. The molecule has 0 spiro atoms. The van der Waals surface area contributed by atoms with Gasteiger partial charge in [0.05, 0.1) is 17.4 Å². The molecule has 3 rings (SSSR count). The fourth-order valence-electron chi connectivity index (χ4n) is 2.31. The van der Waals surface area contributed by atoms with E-state index < -0.39 is 23.6 Å². The second-order valence-electron chi connectivity index (χ2n) is 5.58. The molecule has 27 heavy (non-hydrogen) atoms. The molecule has 0 aliphatic rings. The van der Waals surface area contributed by atoms with Gasteiger partial charge in [-0.15, -0.1) is 0 Å². The maximum atomic E-state index is 12.8. The first kappa shape index (κ1) is 18.2. The summed E-state index contributed by atoms with van der Waals surface area (Å²) in [6.45, 7) is 0. The highest BCUT2D eigenvalue weighted by Gasteiger charge is 2.30. The van der Waals surface area contributed by atoms with Gasteiger partial charge >= 0.3 is 6.18 Å². The zero-order valence-corrected chi connectivity index (χ0v) is 13.7. The Morgan fingerprint density at radius 3 is 2.07 bits per heavy atom. The maximum Gasteiger partial charge on any atom is 0.416 e. The summed E-state index contributed by atoms with van der Waals surface area (Å²) in [4.78, 5) is 24.3. The molecule has 1 aromatic heterocycles. The van der Waals surface area contributed by atoms with E-state index in [2.05, 4.69) is 10.6 Å². The van der Waals surface area contributed by atoms with Crippen molar-refractivity contribution in [1.29, 1.82) is 0 Å².